The van der Waals surface area contributed by atoms with Crippen LogP contribution in [0.1, 0.15) is 12.5 Å². The zero-order valence-electron chi connectivity index (χ0n) is 15.5. The second-order valence-corrected chi connectivity index (χ2v) is 8.47. The third-order valence-electron chi connectivity index (χ3n) is 4.38. The molecule has 1 N–H and O–H groups in total. The van der Waals surface area contributed by atoms with E-state index in [0.29, 0.717) is 11.3 Å². The van der Waals surface area contributed by atoms with Crippen molar-refractivity contribution in [2.24, 2.45) is 0 Å². The number of thioether (sulfide) groups is 1. The molecule has 1 atom stereocenters. The molecule has 0 saturated carbocycles. The predicted molar refractivity (Wildman–Crippen MR) is 118 cm³/mol. The summed E-state index contributed by atoms with van der Waals surface area (Å²) in [6.07, 6.45) is 1.53. The van der Waals surface area contributed by atoms with Gasteiger partial charge in [-0.1, -0.05) is 54.2 Å². The minimum Gasteiger partial charge on any atom is -0.324 e. The van der Waals surface area contributed by atoms with Gasteiger partial charge in [0.05, 0.1) is 21.9 Å². The van der Waals surface area contributed by atoms with Gasteiger partial charge in [0.15, 0.2) is 0 Å². The molecular formula is C22H16N4OS2. The highest BCUT2D eigenvalue weighted by Crippen LogP contribution is 2.39. The first-order valence-electron chi connectivity index (χ1n) is 8.91. The number of rotatable bonds is 5. The van der Waals surface area contributed by atoms with Gasteiger partial charge in [0.2, 0.25) is 5.91 Å². The second kappa shape index (κ2) is 8.43. The van der Waals surface area contributed by atoms with E-state index >= 15 is 0 Å². The Kier molecular flexibility index (Phi) is 5.56. The molecule has 2 aromatic carbocycles. The summed E-state index contributed by atoms with van der Waals surface area (Å²) in [6, 6.07) is 19.1. The van der Waals surface area contributed by atoms with E-state index in [4.69, 9.17) is 0 Å². The molecule has 0 aliphatic heterocycles. The summed E-state index contributed by atoms with van der Waals surface area (Å²) in [5.74, 6) is -0.180. The molecule has 4 rings (SSSR count). The average molecular weight is 417 g/mol. The minimum atomic E-state index is -0.400. The van der Waals surface area contributed by atoms with E-state index in [1.165, 1.54) is 18.1 Å². The van der Waals surface area contributed by atoms with Crippen LogP contribution < -0.4 is 5.32 Å². The normalized spacial score (nSPS) is 11.7. The van der Waals surface area contributed by atoms with Crippen LogP contribution in [0.4, 0.5) is 5.69 Å². The van der Waals surface area contributed by atoms with Crippen molar-refractivity contribution in [2.45, 2.75) is 17.2 Å². The molecule has 2 heterocycles. The first kappa shape index (κ1) is 19.1. The lowest BCUT2D eigenvalue weighted by Gasteiger charge is -2.13. The fraction of sp³-hybridized carbons (Fsp3) is 0.0909. The third kappa shape index (κ3) is 3.99. The van der Waals surface area contributed by atoms with Crippen LogP contribution in [0.15, 0.2) is 71.3 Å². The maximum Gasteiger partial charge on any atom is 0.237 e. The number of nitrogens with zero attached hydrogens (tertiary/aromatic N) is 3. The lowest BCUT2D eigenvalue weighted by molar-refractivity contribution is -0.115. The van der Waals surface area contributed by atoms with Gasteiger partial charge in [-0.25, -0.2) is 9.97 Å². The van der Waals surface area contributed by atoms with Gasteiger partial charge < -0.3 is 5.32 Å². The molecule has 0 saturated heterocycles. The molecule has 0 radical (unpaired) electrons. The van der Waals surface area contributed by atoms with Crippen LogP contribution in [0, 0.1) is 11.3 Å². The lowest BCUT2D eigenvalue weighted by atomic mass is 10.1. The molecule has 4 aromatic rings. The molecule has 1 unspecified atom stereocenters. The number of thiophene rings is 1. The quantitative estimate of drug-likeness (QED) is 0.350. The van der Waals surface area contributed by atoms with E-state index in [-0.39, 0.29) is 5.91 Å². The maximum absolute atomic E-state index is 12.7. The molecule has 0 aliphatic carbocycles. The molecular weight excluding hydrogens is 400 g/mol. The predicted octanol–water partition coefficient (Wildman–Crippen LogP) is 5.35. The molecule has 2 aromatic heterocycles. The fourth-order valence-electron chi connectivity index (χ4n) is 2.91. The van der Waals surface area contributed by atoms with Gasteiger partial charge in [-0.05, 0) is 24.6 Å². The van der Waals surface area contributed by atoms with Crippen molar-refractivity contribution in [1.82, 2.24) is 9.97 Å². The van der Waals surface area contributed by atoms with Gasteiger partial charge in [0.25, 0.3) is 0 Å². The van der Waals surface area contributed by atoms with Crippen molar-refractivity contribution < 1.29 is 4.79 Å². The number of hydrogen-bond donors (Lipinski definition) is 1. The van der Waals surface area contributed by atoms with Gasteiger partial charge in [-0.15, -0.1) is 11.3 Å². The summed E-state index contributed by atoms with van der Waals surface area (Å²) in [5, 5.41) is 15.5. The average Bonchev–Trinajstić information content (AvgIpc) is 3.20. The molecule has 0 fully saturated rings. The Morgan fingerprint density at radius 2 is 1.90 bits per heavy atom. The number of nitrogens with one attached hydrogen (secondary N) is 1. The number of fused-ring (bicyclic) bond motifs is 1. The zero-order chi connectivity index (χ0) is 20.2. The van der Waals surface area contributed by atoms with Crippen LogP contribution in [0.25, 0.3) is 21.3 Å². The van der Waals surface area contributed by atoms with Gasteiger partial charge in [-0.2, -0.15) is 5.26 Å². The molecule has 0 aliphatic rings. The number of anilines is 1. The lowest BCUT2D eigenvalue weighted by Crippen LogP contribution is -2.23. The smallest absolute Gasteiger partial charge is 0.237 e. The largest absolute Gasteiger partial charge is 0.324 e. The second-order valence-electron chi connectivity index (χ2n) is 6.28. The zero-order valence-corrected chi connectivity index (χ0v) is 17.1. The van der Waals surface area contributed by atoms with Crippen molar-refractivity contribution in [2.75, 3.05) is 5.32 Å². The standard InChI is InChI=1S/C22H16N4OS2/c1-14(20(27)26-18-10-6-5-9-16(18)11-23)29-22-19-17(15-7-3-2-4-8-15)12-28-21(19)24-13-25-22/h2-10,12-14H,1H3,(H,26,27). The first-order valence-corrected chi connectivity index (χ1v) is 10.7. The summed E-state index contributed by atoms with van der Waals surface area (Å²) >= 11 is 2.95. The molecule has 5 nitrogen and oxygen atoms in total. The van der Waals surface area contributed by atoms with Crippen LogP contribution in [0.2, 0.25) is 0 Å². The Labute approximate surface area is 176 Å². The number of benzene rings is 2. The summed E-state index contributed by atoms with van der Waals surface area (Å²) in [6.45, 7) is 1.83. The molecule has 7 heteroatoms. The molecule has 29 heavy (non-hydrogen) atoms. The topological polar surface area (TPSA) is 78.7 Å². The number of nitriles is 1. The van der Waals surface area contributed by atoms with Gasteiger partial charge in [0.1, 0.15) is 22.3 Å². The molecule has 0 spiro atoms. The Morgan fingerprint density at radius 1 is 1.14 bits per heavy atom. The summed E-state index contributed by atoms with van der Waals surface area (Å²) < 4.78 is 0. The third-order valence-corrected chi connectivity index (χ3v) is 6.37. The Morgan fingerprint density at radius 3 is 2.69 bits per heavy atom. The van der Waals surface area contributed by atoms with Crippen LogP contribution in [-0.2, 0) is 4.79 Å². The number of para-hydroxylation sites is 1. The minimum absolute atomic E-state index is 0.180. The van der Waals surface area contributed by atoms with E-state index < -0.39 is 5.25 Å². The first-order chi connectivity index (χ1) is 14.2. The van der Waals surface area contributed by atoms with Crippen molar-refractivity contribution >= 4 is 44.9 Å². The van der Waals surface area contributed by atoms with E-state index in [1.54, 1.807) is 35.6 Å². The van der Waals surface area contributed by atoms with Crippen molar-refractivity contribution in [3.8, 4) is 17.2 Å². The monoisotopic (exact) mass is 416 g/mol. The summed E-state index contributed by atoms with van der Waals surface area (Å²) in [5.41, 5.74) is 3.11. The van der Waals surface area contributed by atoms with Crippen molar-refractivity contribution in [3.05, 3.63) is 71.9 Å². The molecule has 142 valence electrons. The number of aromatic nitrogens is 2. The Hall–Kier alpha value is -3.21. The van der Waals surface area contributed by atoms with E-state index in [2.05, 4.69) is 38.9 Å². The molecule has 1 amide bonds. The van der Waals surface area contributed by atoms with Crippen molar-refractivity contribution in [1.29, 1.82) is 5.26 Å². The summed E-state index contributed by atoms with van der Waals surface area (Å²) in [7, 11) is 0. The van der Waals surface area contributed by atoms with Crippen LogP contribution in [-0.4, -0.2) is 21.1 Å². The van der Waals surface area contributed by atoms with Crippen LogP contribution >= 0.6 is 23.1 Å². The van der Waals surface area contributed by atoms with E-state index in [9.17, 15) is 10.1 Å². The maximum atomic E-state index is 12.7. The number of carbonyl (C=O) groups is 1. The van der Waals surface area contributed by atoms with Gasteiger partial charge in [-0.3, -0.25) is 4.79 Å². The van der Waals surface area contributed by atoms with Gasteiger partial charge in [0, 0.05) is 10.9 Å². The Balaban J connectivity index is 1.61. The highest BCUT2D eigenvalue weighted by Gasteiger charge is 2.20. The summed E-state index contributed by atoms with van der Waals surface area (Å²) in [4.78, 5) is 22.5. The van der Waals surface area contributed by atoms with Gasteiger partial charge >= 0.3 is 0 Å². The Bertz CT molecular complexity index is 1210. The fourth-order valence-corrected chi connectivity index (χ4v) is 4.83. The van der Waals surface area contributed by atoms with Crippen LogP contribution in [0.3, 0.4) is 0 Å². The highest BCUT2D eigenvalue weighted by molar-refractivity contribution is 8.00. The molecule has 0 bridgehead atoms. The van der Waals surface area contributed by atoms with E-state index in [0.717, 1.165) is 26.4 Å². The number of amides is 1. The van der Waals surface area contributed by atoms with Crippen molar-refractivity contribution in [3.63, 3.8) is 0 Å². The number of carbonyl (C=O) groups excluding carboxylic acids is 1. The highest BCUT2D eigenvalue weighted by atomic mass is 32.2. The van der Waals surface area contributed by atoms with Crippen LogP contribution in [0.5, 0.6) is 0 Å². The van der Waals surface area contributed by atoms with E-state index in [1.807, 2.05) is 25.1 Å². The SMILES string of the molecule is CC(Sc1ncnc2scc(-c3ccccc3)c12)C(=O)Nc1ccccc1C#N. The number of hydrogen-bond acceptors (Lipinski definition) is 6.